The van der Waals surface area contributed by atoms with Gasteiger partial charge in [0.2, 0.25) is 0 Å². The van der Waals surface area contributed by atoms with E-state index in [1.54, 1.807) is 6.08 Å². The molecular weight excluding hydrogens is 552 g/mol. The van der Waals surface area contributed by atoms with Gasteiger partial charge in [0.15, 0.2) is 6.10 Å². The second-order valence-electron chi connectivity index (χ2n) is 11.5. The van der Waals surface area contributed by atoms with Crippen LogP contribution in [0.1, 0.15) is 124 Å². The summed E-state index contributed by atoms with van der Waals surface area (Å²) in [7, 11) is 0. The van der Waals surface area contributed by atoms with Gasteiger partial charge in [0.05, 0.1) is 12.7 Å². The number of unbranched alkanes of at least 4 members (excludes halogenated alkanes) is 6. The van der Waals surface area contributed by atoms with Crippen LogP contribution in [0, 0.1) is 5.92 Å². The highest BCUT2D eigenvalue weighted by molar-refractivity contribution is 5.70. The highest BCUT2D eigenvalue weighted by Crippen LogP contribution is 2.13. The molecule has 1 unspecified atom stereocenters. The van der Waals surface area contributed by atoms with Crippen molar-refractivity contribution in [1.82, 2.24) is 0 Å². The fraction of sp³-hybridized carbons (Fsp3) is 0.632. The molecule has 6 nitrogen and oxygen atoms in total. The molecule has 0 rings (SSSR count). The minimum atomic E-state index is -0.817. The minimum absolute atomic E-state index is 0.125. The van der Waals surface area contributed by atoms with Gasteiger partial charge >= 0.3 is 11.9 Å². The zero-order chi connectivity index (χ0) is 32.5. The summed E-state index contributed by atoms with van der Waals surface area (Å²) in [6.45, 7) is 6.13. The van der Waals surface area contributed by atoms with Crippen LogP contribution in [0.3, 0.4) is 0 Å². The molecule has 0 aliphatic rings. The van der Waals surface area contributed by atoms with E-state index in [1.807, 2.05) is 36.5 Å². The Hall–Kier alpha value is -2.70. The third-order valence-corrected chi connectivity index (χ3v) is 6.79. The largest absolute Gasteiger partial charge is 0.462 e. The Morgan fingerprint density at radius 2 is 1.32 bits per heavy atom. The second kappa shape index (κ2) is 31.7. The van der Waals surface area contributed by atoms with Crippen LogP contribution in [0.15, 0.2) is 72.9 Å². The molecule has 0 radical (unpaired) electrons. The van der Waals surface area contributed by atoms with Crippen molar-refractivity contribution < 1.29 is 29.3 Å². The number of rotatable bonds is 28. The first-order chi connectivity index (χ1) is 21.4. The van der Waals surface area contributed by atoms with Crippen molar-refractivity contribution in [3.63, 3.8) is 0 Å². The minimum Gasteiger partial charge on any atom is -0.462 e. The van der Waals surface area contributed by atoms with Crippen LogP contribution in [0.5, 0.6) is 0 Å². The van der Waals surface area contributed by atoms with Crippen molar-refractivity contribution in [3.05, 3.63) is 72.9 Å². The lowest BCUT2D eigenvalue weighted by atomic mass is 10.0. The summed E-state index contributed by atoms with van der Waals surface area (Å²) in [4.78, 5) is 24.1. The molecule has 44 heavy (non-hydrogen) atoms. The van der Waals surface area contributed by atoms with Crippen LogP contribution in [0.25, 0.3) is 0 Å². The van der Waals surface area contributed by atoms with E-state index >= 15 is 0 Å². The van der Waals surface area contributed by atoms with Crippen LogP contribution in [-0.4, -0.2) is 47.6 Å². The van der Waals surface area contributed by atoms with Crippen molar-refractivity contribution in [2.75, 3.05) is 13.2 Å². The maximum Gasteiger partial charge on any atom is 0.306 e. The fourth-order valence-electron chi connectivity index (χ4n) is 4.20. The highest BCUT2D eigenvalue weighted by atomic mass is 16.6. The van der Waals surface area contributed by atoms with Crippen LogP contribution in [0.4, 0.5) is 0 Å². The van der Waals surface area contributed by atoms with Crippen LogP contribution in [-0.2, 0) is 19.1 Å². The Labute approximate surface area is 268 Å². The van der Waals surface area contributed by atoms with E-state index in [0.717, 1.165) is 50.9 Å². The Balaban J connectivity index is 3.85. The third-order valence-electron chi connectivity index (χ3n) is 6.79. The van der Waals surface area contributed by atoms with E-state index in [2.05, 4.69) is 51.2 Å². The molecule has 250 valence electrons. The highest BCUT2D eigenvalue weighted by Gasteiger charge is 2.15. The molecule has 0 aromatic carbocycles. The summed E-state index contributed by atoms with van der Waals surface area (Å²) >= 11 is 0. The molecule has 6 heteroatoms. The van der Waals surface area contributed by atoms with Gasteiger partial charge in [-0.15, -0.1) is 0 Å². The lowest BCUT2D eigenvalue weighted by Gasteiger charge is -2.15. The monoisotopic (exact) mass is 614 g/mol. The van der Waals surface area contributed by atoms with Crippen LogP contribution < -0.4 is 0 Å². The summed E-state index contributed by atoms with van der Waals surface area (Å²) in [5.41, 5.74) is 0. The van der Waals surface area contributed by atoms with E-state index in [4.69, 9.17) is 9.47 Å². The molecule has 0 aromatic heterocycles. The maximum atomic E-state index is 12.1. The Morgan fingerprint density at radius 3 is 2.00 bits per heavy atom. The molecular formula is C38H62O6. The number of aliphatic hydroxyl groups is 2. The van der Waals surface area contributed by atoms with Gasteiger partial charge in [-0.3, -0.25) is 9.59 Å². The molecule has 0 amide bonds. The van der Waals surface area contributed by atoms with Gasteiger partial charge in [-0.25, -0.2) is 0 Å². The summed E-state index contributed by atoms with van der Waals surface area (Å²) < 4.78 is 10.5. The molecule has 0 spiro atoms. The average molecular weight is 615 g/mol. The van der Waals surface area contributed by atoms with Gasteiger partial charge in [-0.05, 0) is 50.9 Å². The van der Waals surface area contributed by atoms with Crippen LogP contribution in [0.2, 0.25) is 0 Å². The quantitative estimate of drug-likeness (QED) is 0.0395. The number of carbonyl (C=O) groups is 2. The topological polar surface area (TPSA) is 93.1 Å². The predicted molar refractivity (Wildman–Crippen MR) is 183 cm³/mol. The Kier molecular flexibility index (Phi) is 29.8. The summed E-state index contributed by atoms with van der Waals surface area (Å²) in [5.74, 6) is 0.0464. The molecule has 2 atom stereocenters. The molecule has 0 fully saturated rings. The van der Waals surface area contributed by atoms with Gasteiger partial charge in [-0.2, -0.15) is 0 Å². The van der Waals surface area contributed by atoms with E-state index in [-0.39, 0.29) is 31.6 Å². The van der Waals surface area contributed by atoms with Gasteiger partial charge in [0.1, 0.15) is 6.61 Å². The average Bonchev–Trinajstić information content (AvgIpc) is 3.00. The van der Waals surface area contributed by atoms with Gasteiger partial charge in [-0.1, -0.05) is 139 Å². The molecule has 0 aliphatic heterocycles. The van der Waals surface area contributed by atoms with E-state index in [0.29, 0.717) is 19.3 Å². The maximum absolute atomic E-state index is 12.1. The van der Waals surface area contributed by atoms with E-state index in [1.165, 1.54) is 32.1 Å². The van der Waals surface area contributed by atoms with Gasteiger partial charge in [0.25, 0.3) is 0 Å². The normalized spacial score (nSPS) is 14.0. The Morgan fingerprint density at radius 1 is 0.705 bits per heavy atom. The van der Waals surface area contributed by atoms with E-state index < -0.39 is 12.2 Å². The summed E-state index contributed by atoms with van der Waals surface area (Å²) in [6, 6.07) is 0. The molecule has 0 aromatic rings. The number of hydrogen-bond donors (Lipinski definition) is 2. The van der Waals surface area contributed by atoms with Crippen molar-refractivity contribution >= 4 is 11.9 Å². The first-order valence-electron chi connectivity index (χ1n) is 17.0. The summed E-state index contributed by atoms with van der Waals surface area (Å²) in [6.07, 6.45) is 37.2. The van der Waals surface area contributed by atoms with E-state index in [9.17, 15) is 19.8 Å². The van der Waals surface area contributed by atoms with Crippen molar-refractivity contribution in [3.8, 4) is 0 Å². The number of ether oxygens (including phenoxy) is 2. The number of esters is 2. The number of allylic oxidation sites excluding steroid dienone is 10. The Bertz CT molecular complexity index is 865. The first kappa shape index (κ1) is 41.3. The zero-order valence-electron chi connectivity index (χ0n) is 27.9. The van der Waals surface area contributed by atoms with Crippen molar-refractivity contribution in [2.45, 2.75) is 136 Å². The predicted octanol–water partition coefficient (Wildman–Crippen LogP) is 9.05. The number of carbonyl (C=O) groups excluding carboxylic acids is 2. The molecule has 0 heterocycles. The zero-order valence-corrected chi connectivity index (χ0v) is 27.9. The molecule has 0 saturated carbocycles. The number of hydrogen-bond acceptors (Lipinski definition) is 6. The molecule has 0 aliphatic carbocycles. The summed E-state index contributed by atoms with van der Waals surface area (Å²) in [5, 5.41) is 19.4. The lowest BCUT2D eigenvalue weighted by molar-refractivity contribution is -0.161. The van der Waals surface area contributed by atoms with Crippen LogP contribution >= 0.6 is 0 Å². The fourth-order valence-corrected chi connectivity index (χ4v) is 4.20. The smallest absolute Gasteiger partial charge is 0.306 e. The van der Waals surface area contributed by atoms with Gasteiger partial charge in [0, 0.05) is 12.8 Å². The van der Waals surface area contributed by atoms with Crippen molar-refractivity contribution in [2.24, 2.45) is 5.92 Å². The first-order valence-corrected chi connectivity index (χ1v) is 17.0. The standard InChI is InChI=1S/C38H62O6/c1-4-5-6-7-18-23-28-35(40)29-24-19-14-10-8-9-11-15-20-25-30-37(41)43-33-36(32-39)44-38(42)31-26-21-16-12-13-17-22-27-34(2)3/h5-6,8-9,14-15,18-20,23-24,29,34-36,39-40H,4,7,10-13,16-17,21-22,25-28,30-33H2,1-3H3/b6-5-,9-8-,19-14-,20-15-,23-18-,29-24+/t35?,36-/m0/s1. The SMILES string of the molecule is CC/C=C\C/C=C\CC(O)/C=C/C=C\C/C=C\C/C=C\CCC(=O)OC[C@H](CO)OC(=O)CCCCCCCCCC(C)C. The lowest BCUT2D eigenvalue weighted by Crippen LogP contribution is -2.28. The number of aliphatic hydroxyl groups excluding tert-OH is 2. The molecule has 2 N–H and O–H groups in total. The molecule has 0 bridgehead atoms. The molecule has 0 saturated heterocycles. The second-order valence-corrected chi connectivity index (χ2v) is 11.5. The van der Waals surface area contributed by atoms with Crippen molar-refractivity contribution in [1.29, 1.82) is 0 Å². The third kappa shape index (κ3) is 30.7. The van der Waals surface area contributed by atoms with Gasteiger partial charge < -0.3 is 19.7 Å².